The number of aliphatic hydroxyl groups is 1. The zero-order chi connectivity index (χ0) is 14.1. The van der Waals surface area contributed by atoms with Crippen molar-refractivity contribution in [2.45, 2.75) is 12.6 Å². The van der Waals surface area contributed by atoms with Gasteiger partial charge in [-0.2, -0.15) is 0 Å². The summed E-state index contributed by atoms with van der Waals surface area (Å²) in [7, 11) is 1.49. The van der Waals surface area contributed by atoms with Crippen molar-refractivity contribution in [1.29, 1.82) is 0 Å². The van der Waals surface area contributed by atoms with Crippen LogP contribution in [-0.4, -0.2) is 44.0 Å². The van der Waals surface area contributed by atoms with E-state index in [1.54, 1.807) is 6.07 Å². The van der Waals surface area contributed by atoms with E-state index >= 15 is 0 Å². The molecule has 0 saturated heterocycles. The van der Waals surface area contributed by atoms with Crippen molar-refractivity contribution in [3.63, 3.8) is 0 Å². The molecule has 106 valence electrons. The number of nitrogens with one attached hydrogen (secondary N) is 1. The number of hydrogen-bond acceptors (Lipinski definition) is 5. The Kier molecular flexibility index (Phi) is 6.88. The largest absolute Gasteiger partial charge is 0.491 e. The van der Waals surface area contributed by atoms with Gasteiger partial charge in [0.15, 0.2) is 0 Å². The molecule has 1 amide bonds. The molecule has 6 nitrogen and oxygen atoms in total. The van der Waals surface area contributed by atoms with Crippen LogP contribution in [0, 0.1) is 0 Å². The third-order valence-electron chi connectivity index (χ3n) is 2.46. The van der Waals surface area contributed by atoms with Crippen molar-refractivity contribution >= 4 is 5.91 Å². The first kappa shape index (κ1) is 15.4. The maximum absolute atomic E-state index is 11.6. The highest BCUT2D eigenvalue weighted by Gasteiger charge is 2.13. The molecule has 0 heterocycles. The van der Waals surface area contributed by atoms with Crippen LogP contribution in [0.3, 0.4) is 0 Å². The molecule has 19 heavy (non-hydrogen) atoms. The number of carbonyl (C=O) groups excluding carboxylic acids is 1. The lowest BCUT2D eigenvalue weighted by Crippen LogP contribution is -2.43. The van der Waals surface area contributed by atoms with Crippen molar-refractivity contribution in [2.24, 2.45) is 5.73 Å². The quantitative estimate of drug-likeness (QED) is 0.599. The van der Waals surface area contributed by atoms with Gasteiger partial charge in [-0.3, -0.25) is 4.79 Å². The van der Waals surface area contributed by atoms with Gasteiger partial charge in [-0.15, -0.1) is 0 Å². The van der Waals surface area contributed by atoms with Crippen molar-refractivity contribution in [1.82, 2.24) is 5.32 Å². The molecule has 1 aromatic rings. The van der Waals surface area contributed by atoms with Gasteiger partial charge in [0.1, 0.15) is 18.4 Å². The molecule has 1 rings (SSSR count). The number of ether oxygens (including phenoxy) is 2. The Morgan fingerprint density at radius 3 is 2.89 bits per heavy atom. The normalized spacial score (nSPS) is 11.9. The molecule has 0 aliphatic rings. The van der Waals surface area contributed by atoms with Crippen LogP contribution in [0.4, 0.5) is 0 Å². The number of methoxy groups -OCH3 is 1. The lowest BCUT2D eigenvalue weighted by Gasteiger charge is -2.13. The van der Waals surface area contributed by atoms with Gasteiger partial charge in [0.25, 0.3) is 0 Å². The van der Waals surface area contributed by atoms with Gasteiger partial charge in [0, 0.05) is 19.2 Å². The van der Waals surface area contributed by atoms with E-state index in [0.29, 0.717) is 12.3 Å². The minimum atomic E-state index is -0.685. The molecule has 6 heteroatoms. The number of hydrogen-bond donors (Lipinski definition) is 3. The first-order valence-corrected chi connectivity index (χ1v) is 6.02. The molecule has 1 unspecified atom stereocenters. The lowest BCUT2D eigenvalue weighted by atomic mass is 10.2. The van der Waals surface area contributed by atoms with Crippen LogP contribution in [-0.2, 0) is 16.1 Å². The van der Waals surface area contributed by atoms with Gasteiger partial charge in [-0.1, -0.05) is 18.2 Å². The second-order valence-electron chi connectivity index (χ2n) is 3.96. The third-order valence-corrected chi connectivity index (χ3v) is 2.46. The monoisotopic (exact) mass is 268 g/mol. The second-order valence-corrected chi connectivity index (χ2v) is 3.96. The number of para-hydroxylation sites is 1. The fourth-order valence-electron chi connectivity index (χ4n) is 1.51. The summed E-state index contributed by atoms with van der Waals surface area (Å²) in [5, 5.41) is 11.5. The SMILES string of the molecule is COCC(N)C(=O)NCc1ccccc1OCCO. The molecule has 4 N–H and O–H groups in total. The number of nitrogens with two attached hydrogens (primary N) is 1. The summed E-state index contributed by atoms with van der Waals surface area (Å²) in [5.41, 5.74) is 6.44. The summed E-state index contributed by atoms with van der Waals surface area (Å²) >= 11 is 0. The minimum Gasteiger partial charge on any atom is -0.491 e. The van der Waals surface area contributed by atoms with Crippen LogP contribution >= 0.6 is 0 Å². The van der Waals surface area contributed by atoms with E-state index in [4.69, 9.17) is 20.3 Å². The topological polar surface area (TPSA) is 93.8 Å². The molecule has 1 aromatic carbocycles. The number of aliphatic hydroxyl groups excluding tert-OH is 1. The van der Waals surface area contributed by atoms with Gasteiger partial charge in [0.2, 0.25) is 5.91 Å². The number of benzene rings is 1. The predicted octanol–water partition coefficient (Wildman–Crippen LogP) is -0.352. The lowest BCUT2D eigenvalue weighted by molar-refractivity contribution is -0.123. The average Bonchev–Trinajstić information content (AvgIpc) is 2.43. The number of amides is 1. The van der Waals surface area contributed by atoms with Gasteiger partial charge in [-0.25, -0.2) is 0 Å². The Balaban J connectivity index is 2.54. The van der Waals surface area contributed by atoms with Crippen LogP contribution in [0.1, 0.15) is 5.56 Å². The molecular formula is C13H20N2O4. The van der Waals surface area contributed by atoms with Crippen molar-refractivity contribution in [3.05, 3.63) is 29.8 Å². The minimum absolute atomic E-state index is 0.0561. The van der Waals surface area contributed by atoms with Crippen molar-refractivity contribution < 1.29 is 19.4 Å². The van der Waals surface area contributed by atoms with Gasteiger partial charge in [0.05, 0.1) is 13.2 Å². The highest BCUT2D eigenvalue weighted by atomic mass is 16.5. The summed E-state index contributed by atoms with van der Waals surface area (Å²) in [6.07, 6.45) is 0. The fourth-order valence-corrected chi connectivity index (χ4v) is 1.51. The summed E-state index contributed by atoms with van der Waals surface area (Å²) in [5.74, 6) is 0.357. The Bertz CT molecular complexity index is 398. The van der Waals surface area contributed by atoms with Crippen molar-refractivity contribution in [3.8, 4) is 5.75 Å². The van der Waals surface area contributed by atoms with Crippen LogP contribution in [0.25, 0.3) is 0 Å². The predicted molar refractivity (Wildman–Crippen MR) is 70.7 cm³/mol. The van der Waals surface area contributed by atoms with Crippen molar-refractivity contribution in [2.75, 3.05) is 26.9 Å². The summed E-state index contributed by atoms with van der Waals surface area (Å²) in [4.78, 5) is 11.6. The third kappa shape index (κ3) is 5.25. The van der Waals surface area contributed by atoms with E-state index in [9.17, 15) is 4.79 Å². The van der Waals surface area contributed by atoms with E-state index in [1.807, 2.05) is 18.2 Å². The van der Waals surface area contributed by atoms with Crippen LogP contribution in [0.2, 0.25) is 0 Å². The molecule has 0 aliphatic carbocycles. The fraction of sp³-hybridized carbons (Fsp3) is 0.462. The molecule has 0 aromatic heterocycles. The molecule has 0 aliphatic heterocycles. The van der Waals surface area contributed by atoms with Crippen LogP contribution in [0.15, 0.2) is 24.3 Å². The Labute approximate surface area is 112 Å². The Morgan fingerprint density at radius 2 is 2.21 bits per heavy atom. The zero-order valence-corrected chi connectivity index (χ0v) is 11.0. The molecule has 0 bridgehead atoms. The molecule has 0 saturated carbocycles. The van der Waals surface area contributed by atoms with E-state index in [0.717, 1.165) is 5.56 Å². The molecule has 0 radical (unpaired) electrons. The van der Waals surface area contributed by atoms with E-state index < -0.39 is 6.04 Å². The van der Waals surface area contributed by atoms with Crippen LogP contribution in [0.5, 0.6) is 5.75 Å². The maximum atomic E-state index is 11.6. The Morgan fingerprint density at radius 1 is 1.47 bits per heavy atom. The van der Waals surface area contributed by atoms with Gasteiger partial charge >= 0.3 is 0 Å². The van der Waals surface area contributed by atoms with E-state index in [-0.39, 0.29) is 25.7 Å². The first-order chi connectivity index (χ1) is 9.19. The maximum Gasteiger partial charge on any atom is 0.239 e. The number of carbonyl (C=O) groups is 1. The van der Waals surface area contributed by atoms with Gasteiger partial charge in [-0.05, 0) is 6.07 Å². The zero-order valence-electron chi connectivity index (χ0n) is 11.0. The Hall–Kier alpha value is -1.63. The summed E-state index contributed by atoms with van der Waals surface area (Å²) in [6.45, 7) is 0.653. The average molecular weight is 268 g/mol. The second kappa shape index (κ2) is 8.47. The smallest absolute Gasteiger partial charge is 0.239 e. The summed E-state index contributed by atoms with van der Waals surface area (Å²) < 4.78 is 10.2. The standard InChI is InChI=1S/C13H20N2O4/c1-18-9-11(14)13(17)15-8-10-4-2-3-5-12(10)19-7-6-16/h2-5,11,16H,6-9,14H2,1H3,(H,15,17). The molecule has 0 fully saturated rings. The van der Waals surface area contributed by atoms with Gasteiger partial charge < -0.3 is 25.6 Å². The highest BCUT2D eigenvalue weighted by molar-refractivity contribution is 5.81. The van der Waals surface area contributed by atoms with E-state index in [1.165, 1.54) is 7.11 Å². The molecule has 0 spiro atoms. The van der Waals surface area contributed by atoms with Crippen LogP contribution < -0.4 is 15.8 Å². The van der Waals surface area contributed by atoms with E-state index in [2.05, 4.69) is 5.32 Å². The number of rotatable bonds is 8. The molecule has 1 atom stereocenters. The highest BCUT2D eigenvalue weighted by Crippen LogP contribution is 2.17. The summed E-state index contributed by atoms with van der Waals surface area (Å²) in [6, 6.07) is 6.62. The molecular weight excluding hydrogens is 248 g/mol. The first-order valence-electron chi connectivity index (χ1n) is 6.02.